The topological polar surface area (TPSA) is 77.2 Å². The minimum absolute atomic E-state index is 0.122. The van der Waals surface area contributed by atoms with E-state index in [4.69, 9.17) is 9.84 Å². The number of nitrogens with zero attached hydrogens (tertiary/aromatic N) is 3. The van der Waals surface area contributed by atoms with Gasteiger partial charge in [0.2, 0.25) is 0 Å². The van der Waals surface area contributed by atoms with Gasteiger partial charge < -0.3 is 9.84 Å². The van der Waals surface area contributed by atoms with Crippen molar-refractivity contribution < 1.29 is 14.6 Å². The molecule has 0 saturated heterocycles. The minimum atomic E-state index is -0.988. The normalized spacial score (nSPS) is 11.8. The lowest BCUT2D eigenvalue weighted by Gasteiger charge is -2.11. The molecule has 1 rings (SSSR count). The maximum Gasteiger partial charge on any atom is 0.329 e. The Morgan fingerprint density at radius 1 is 1.50 bits per heavy atom. The summed E-state index contributed by atoms with van der Waals surface area (Å²) in [6.07, 6.45) is 0. The van der Waals surface area contributed by atoms with Crippen molar-refractivity contribution in [2.45, 2.75) is 32.8 Å². The monoisotopic (exact) mass is 227 g/mol. The summed E-state index contributed by atoms with van der Waals surface area (Å²) in [4.78, 5) is 14.6. The summed E-state index contributed by atoms with van der Waals surface area (Å²) in [5.74, 6) is 0.369. The average Bonchev–Trinajstić information content (AvgIpc) is 2.46. The Hall–Kier alpha value is -1.43. The van der Waals surface area contributed by atoms with Crippen molar-refractivity contribution in [3.05, 3.63) is 11.6 Å². The van der Waals surface area contributed by atoms with Gasteiger partial charge in [-0.25, -0.2) is 9.78 Å². The van der Waals surface area contributed by atoms with Gasteiger partial charge in [0.15, 0.2) is 11.6 Å². The van der Waals surface area contributed by atoms with Crippen LogP contribution >= 0.6 is 0 Å². The zero-order chi connectivity index (χ0) is 12.3. The van der Waals surface area contributed by atoms with Gasteiger partial charge in [-0.2, -0.15) is 5.10 Å². The molecular weight excluding hydrogens is 210 g/mol. The Bertz CT molecular complexity index is 379. The summed E-state index contributed by atoms with van der Waals surface area (Å²) in [5, 5.41) is 12.7. The van der Waals surface area contributed by atoms with Gasteiger partial charge in [0.1, 0.15) is 13.2 Å². The van der Waals surface area contributed by atoms with Crippen LogP contribution in [-0.2, 0) is 28.6 Å². The van der Waals surface area contributed by atoms with Gasteiger partial charge in [-0.3, -0.25) is 4.68 Å². The van der Waals surface area contributed by atoms with Gasteiger partial charge in [0, 0.05) is 12.5 Å². The summed E-state index contributed by atoms with van der Waals surface area (Å²) in [6, 6.07) is 0. The standard InChI is InChI=1S/C10H17N3O3/c1-10(2,3)9-11-7(13(4)12-9)5-16-6-8(14)15/h5-6H2,1-4H3,(H,14,15). The van der Waals surface area contributed by atoms with Gasteiger partial charge in [-0.05, 0) is 0 Å². The third-order valence-electron chi connectivity index (χ3n) is 1.98. The maximum absolute atomic E-state index is 10.3. The van der Waals surface area contributed by atoms with Crippen LogP contribution in [0.25, 0.3) is 0 Å². The van der Waals surface area contributed by atoms with Crippen LogP contribution in [0.1, 0.15) is 32.4 Å². The molecule has 1 heterocycles. The second-order valence-corrected chi connectivity index (χ2v) is 4.61. The number of carboxylic acids is 1. The Morgan fingerprint density at radius 2 is 2.12 bits per heavy atom. The molecule has 0 aromatic carbocycles. The van der Waals surface area contributed by atoms with Crippen molar-refractivity contribution in [1.29, 1.82) is 0 Å². The number of aryl methyl sites for hydroxylation is 1. The van der Waals surface area contributed by atoms with Crippen molar-refractivity contribution in [2.24, 2.45) is 7.05 Å². The lowest BCUT2D eigenvalue weighted by Crippen LogP contribution is -2.13. The number of ether oxygens (including phenoxy) is 1. The highest BCUT2D eigenvalue weighted by Crippen LogP contribution is 2.18. The fraction of sp³-hybridized carbons (Fsp3) is 0.700. The number of rotatable bonds is 4. The SMILES string of the molecule is Cn1nc(C(C)(C)C)nc1COCC(=O)O. The molecule has 6 nitrogen and oxygen atoms in total. The summed E-state index contributed by atoms with van der Waals surface area (Å²) < 4.78 is 6.58. The van der Waals surface area contributed by atoms with E-state index in [0.717, 1.165) is 5.82 Å². The molecule has 0 amide bonds. The van der Waals surface area contributed by atoms with E-state index < -0.39 is 5.97 Å². The summed E-state index contributed by atoms with van der Waals surface area (Å²) >= 11 is 0. The van der Waals surface area contributed by atoms with E-state index in [-0.39, 0.29) is 18.6 Å². The second kappa shape index (κ2) is 4.61. The van der Waals surface area contributed by atoms with Gasteiger partial charge in [0.25, 0.3) is 0 Å². The van der Waals surface area contributed by atoms with Crippen LogP contribution in [0.3, 0.4) is 0 Å². The molecule has 0 fully saturated rings. The highest BCUT2D eigenvalue weighted by atomic mass is 16.5. The fourth-order valence-corrected chi connectivity index (χ4v) is 1.09. The first-order valence-corrected chi connectivity index (χ1v) is 5.00. The molecule has 1 aromatic rings. The molecule has 6 heteroatoms. The van der Waals surface area contributed by atoms with Crippen LogP contribution in [0, 0.1) is 0 Å². The van der Waals surface area contributed by atoms with Crippen LogP contribution in [0.2, 0.25) is 0 Å². The molecule has 0 spiro atoms. The van der Waals surface area contributed by atoms with Crippen molar-refractivity contribution in [1.82, 2.24) is 14.8 Å². The van der Waals surface area contributed by atoms with Gasteiger partial charge in [-0.15, -0.1) is 0 Å². The predicted molar refractivity (Wildman–Crippen MR) is 57.0 cm³/mol. The van der Waals surface area contributed by atoms with Crippen LogP contribution in [0.5, 0.6) is 0 Å². The second-order valence-electron chi connectivity index (χ2n) is 4.61. The molecule has 0 unspecified atom stereocenters. The fourth-order valence-electron chi connectivity index (χ4n) is 1.09. The quantitative estimate of drug-likeness (QED) is 0.819. The highest BCUT2D eigenvalue weighted by molar-refractivity contribution is 5.67. The number of aliphatic carboxylic acids is 1. The molecule has 0 bridgehead atoms. The Balaban J connectivity index is 2.67. The highest BCUT2D eigenvalue weighted by Gasteiger charge is 2.20. The van der Waals surface area contributed by atoms with Crippen LogP contribution in [-0.4, -0.2) is 32.4 Å². The molecule has 1 N–H and O–H groups in total. The smallest absolute Gasteiger partial charge is 0.329 e. The first-order valence-electron chi connectivity index (χ1n) is 5.00. The predicted octanol–water partition coefficient (Wildman–Crippen LogP) is 0.714. The van der Waals surface area contributed by atoms with Gasteiger partial charge >= 0.3 is 5.97 Å². The number of hydrogen-bond donors (Lipinski definition) is 1. The van der Waals surface area contributed by atoms with Gasteiger partial charge in [0.05, 0.1) is 0 Å². The summed E-state index contributed by atoms with van der Waals surface area (Å²) in [7, 11) is 1.77. The lowest BCUT2D eigenvalue weighted by molar-refractivity contribution is -0.142. The number of aromatic nitrogens is 3. The van der Waals surface area contributed by atoms with Crippen molar-refractivity contribution >= 4 is 5.97 Å². The van der Waals surface area contributed by atoms with E-state index in [1.807, 2.05) is 20.8 Å². The van der Waals surface area contributed by atoms with E-state index in [0.29, 0.717) is 5.82 Å². The Kier molecular flexibility index (Phi) is 3.64. The molecule has 0 aliphatic heterocycles. The summed E-state index contributed by atoms with van der Waals surface area (Å²) in [5.41, 5.74) is -0.122. The number of carboxylic acid groups (broad SMARTS) is 1. The van der Waals surface area contributed by atoms with E-state index in [9.17, 15) is 4.79 Å². The zero-order valence-electron chi connectivity index (χ0n) is 10.0. The first-order chi connectivity index (χ1) is 7.30. The van der Waals surface area contributed by atoms with Crippen LogP contribution in [0.15, 0.2) is 0 Å². The van der Waals surface area contributed by atoms with E-state index in [2.05, 4.69) is 10.1 Å². The van der Waals surface area contributed by atoms with Gasteiger partial charge in [-0.1, -0.05) is 20.8 Å². The van der Waals surface area contributed by atoms with E-state index in [1.165, 1.54) is 0 Å². The van der Waals surface area contributed by atoms with Crippen molar-refractivity contribution in [2.75, 3.05) is 6.61 Å². The summed E-state index contributed by atoms with van der Waals surface area (Å²) in [6.45, 7) is 5.89. The molecule has 0 radical (unpaired) electrons. The average molecular weight is 227 g/mol. The molecule has 16 heavy (non-hydrogen) atoms. The molecule has 90 valence electrons. The van der Waals surface area contributed by atoms with Crippen molar-refractivity contribution in [3.63, 3.8) is 0 Å². The van der Waals surface area contributed by atoms with Crippen LogP contribution in [0.4, 0.5) is 0 Å². The molecule has 0 aliphatic carbocycles. The van der Waals surface area contributed by atoms with E-state index >= 15 is 0 Å². The van der Waals surface area contributed by atoms with E-state index in [1.54, 1.807) is 11.7 Å². The van der Waals surface area contributed by atoms with Crippen molar-refractivity contribution in [3.8, 4) is 0 Å². The maximum atomic E-state index is 10.3. The van der Waals surface area contributed by atoms with Crippen LogP contribution < -0.4 is 0 Å². The Morgan fingerprint density at radius 3 is 2.56 bits per heavy atom. The first kappa shape index (κ1) is 12.6. The molecule has 0 aliphatic rings. The third kappa shape index (κ3) is 3.30. The molecular formula is C10H17N3O3. The third-order valence-corrected chi connectivity index (χ3v) is 1.98. The minimum Gasteiger partial charge on any atom is -0.480 e. The molecule has 1 aromatic heterocycles. The number of carbonyl (C=O) groups is 1. The zero-order valence-corrected chi connectivity index (χ0v) is 10.0. The molecule has 0 saturated carbocycles. The lowest BCUT2D eigenvalue weighted by atomic mass is 9.96. The number of hydrogen-bond acceptors (Lipinski definition) is 4. The Labute approximate surface area is 94.2 Å². The molecule has 0 atom stereocenters. The largest absolute Gasteiger partial charge is 0.480 e.